The normalized spacial score (nSPS) is 17.9. The van der Waals surface area contributed by atoms with Crippen molar-refractivity contribution in [1.29, 1.82) is 0 Å². The summed E-state index contributed by atoms with van der Waals surface area (Å²) < 4.78 is 18.6. The predicted octanol–water partition coefficient (Wildman–Crippen LogP) is 4.36. The summed E-state index contributed by atoms with van der Waals surface area (Å²) in [5.41, 5.74) is 0.972. The Bertz CT molecular complexity index is 972. The molecule has 2 amide bonds. The second-order valence-electron chi connectivity index (χ2n) is 9.57. The SMILES string of the molecule is CC(C)(C)OC(=O)N1CCC(c2nc(C(=O)N3CCN(c4ccc(F)cc4)CC3)cs2)CC1. The second-order valence-corrected chi connectivity index (χ2v) is 10.5. The molecule has 0 atom stereocenters. The minimum absolute atomic E-state index is 0.0394. The van der Waals surface area contributed by atoms with Crippen LogP contribution in [0, 0.1) is 5.82 Å². The van der Waals surface area contributed by atoms with Gasteiger partial charge in [0, 0.05) is 56.3 Å². The topological polar surface area (TPSA) is 66.0 Å². The van der Waals surface area contributed by atoms with Gasteiger partial charge in [-0.1, -0.05) is 0 Å². The van der Waals surface area contributed by atoms with E-state index in [4.69, 9.17) is 4.74 Å². The third-order valence-corrected chi connectivity index (χ3v) is 7.00. The van der Waals surface area contributed by atoms with Gasteiger partial charge in [0.05, 0.1) is 5.01 Å². The fourth-order valence-electron chi connectivity index (χ4n) is 4.19. The molecule has 2 aromatic rings. The monoisotopic (exact) mass is 474 g/mol. The van der Waals surface area contributed by atoms with Crippen molar-refractivity contribution in [2.45, 2.75) is 45.1 Å². The van der Waals surface area contributed by atoms with Gasteiger partial charge in [0.25, 0.3) is 5.91 Å². The minimum Gasteiger partial charge on any atom is -0.444 e. The number of amides is 2. The van der Waals surface area contributed by atoms with Gasteiger partial charge in [-0.2, -0.15) is 0 Å². The largest absolute Gasteiger partial charge is 0.444 e. The first-order chi connectivity index (χ1) is 15.7. The lowest BCUT2D eigenvalue weighted by atomic mass is 9.98. The van der Waals surface area contributed by atoms with Crippen LogP contribution >= 0.6 is 11.3 Å². The summed E-state index contributed by atoms with van der Waals surface area (Å²) in [6.45, 7) is 9.50. The Kier molecular flexibility index (Phi) is 6.88. The number of halogens is 1. The molecular weight excluding hydrogens is 443 g/mol. The number of thiazole rings is 1. The van der Waals surface area contributed by atoms with Crippen LogP contribution in [0.1, 0.15) is 55.0 Å². The predicted molar refractivity (Wildman–Crippen MR) is 126 cm³/mol. The van der Waals surface area contributed by atoms with Gasteiger partial charge in [-0.3, -0.25) is 4.79 Å². The Labute approximate surface area is 198 Å². The highest BCUT2D eigenvalue weighted by Crippen LogP contribution is 2.31. The molecule has 0 saturated carbocycles. The number of hydrogen-bond acceptors (Lipinski definition) is 6. The molecule has 0 radical (unpaired) electrons. The zero-order chi connectivity index (χ0) is 23.6. The zero-order valence-electron chi connectivity index (χ0n) is 19.4. The van der Waals surface area contributed by atoms with Gasteiger partial charge in [0.2, 0.25) is 0 Å². The van der Waals surface area contributed by atoms with Gasteiger partial charge in [-0.05, 0) is 57.9 Å². The summed E-state index contributed by atoms with van der Waals surface area (Å²) in [4.78, 5) is 35.7. The van der Waals surface area contributed by atoms with Crippen LogP contribution in [-0.2, 0) is 4.74 Å². The van der Waals surface area contributed by atoms with E-state index in [0.717, 1.165) is 23.5 Å². The fourth-order valence-corrected chi connectivity index (χ4v) is 5.16. The van der Waals surface area contributed by atoms with Crippen molar-refractivity contribution in [2.24, 2.45) is 0 Å². The molecule has 0 spiro atoms. The van der Waals surface area contributed by atoms with E-state index in [2.05, 4.69) is 9.88 Å². The molecule has 33 heavy (non-hydrogen) atoms. The van der Waals surface area contributed by atoms with Crippen LogP contribution in [0.4, 0.5) is 14.9 Å². The number of nitrogens with zero attached hydrogens (tertiary/aromatic N) is 4. The van der Waals surface area contributed by atoms with Crippen LogP contribution in [-0.4, -0.2) is 71.7 Å². The Balaban J connectivity index is 1.28. The van der Waals surface area contributed by atoms with Gasteiger partial charge in [-0.25, -0.2) is 14.2 Å². The number of rotatable bonds is 3. The van der Waals surface area contributed by atoms with Crippen LogP contribution in [0.15, 0.2) is 29.6 Å². The number of hydrogen-bond donors (Lipinski definition) is 0. The second kappa shape index (κ2) is 9.67. The smallest absolute Gasteiger partial charge is 0.410 e. The highest BCUT2D eigenvalue weighted by molar-refractivity contribution is 7.09. The summed E-state index contributed by atoms with van der Waals surface area (Å²) >= 11 is 1.53. The van der Waals surface area contributed by atoms with E-state index < -0.39 is 5.60 Å². The Hall–Kier alpha value is -2.68. The molecule has 2 saturated heterocycles. The zero-order valence-corrected chi connectivity index (χ0v) is 20.2. The summed E-state index contributed by atoms with van der Waals surface area (Å²) in [7, 11) is 0. The van der Waals surface area contributed by atoms with Crippen molar-refractivity contribution in [3.05, 3.63) is 46.2 Å². The van der Waals surface area contributed by atoms with Crippen LogP contribution < -0.4 is 4.90 Å². The van der Waals surface area contributed by atoms with Crippen molar-refractivity contribution in [1.82, 2.24) is 14.8 Å². The number of piperazine rings is 1. The molecule has 178 valence electrons. The molecule has 0 N–H and O–H groups in total. The minimum atomic E-state index is -0.497. The number of anilines is 1. The van der Waals surface area contributed by atoms with Gasteiger partial charge in [0.15, 0.2) is 0 Å². The first-order valence-corrected chi connectivity index (χ1v) is 12.3. The maximum Gasteiger partial charge on any atom is 0.410 e. The lowest BCUT2D eigenvalue weighted by Crippen LogP contribution is -2.48. The van der Waals surface area contributed by atoms with E-state index >= 15 is 0 Å². The standard InChI is InChI=1S/C24H31FN4O3S/c1-24(2,3)32-23(31)29-10-8-17(9-11-29)21-26-20(16-33-21)22(30)28-14-12-27(13-15-28)19-6-4-18(25)5-7-19/h4-7,16-17H,8-15H2,1-3H3. The Morgan fingerprint density at radius 2 is 1.64 bits per heavy atom. The summed E-state index contributed by atoms with van der Waals surface area (Å²) in [6.07, 6.45) is 1.36. The summed E-state index contributed by atoms with van der Waals surface area (Å²) in [5.74, 6) is -0.0320. The molecule has 9 heteroatoms. The Morgan fingerprint density at radius 3 is 2.24 bits per heavy atom. The van der Waals surface area contributed by atoms with Crippen LogP contribution in [0.5, 0.6) is 0 Å². The first kappa shape index (κ1) is 23.5. The van der Waals surface area contributed by atoms with Crippen LogP contribution in [0.3, 0.4) is 0 Å². The van der Waals surface area contributed by atoms with Crippen LogP contribution in [0.25, 0.3) is 0 Å². The van der Waals surface area contributed by atoms with E-state index in [-0.39, 0.29) is 23.7 Å². The Morgan fingerprint density at radius 1 is 1.00 bits per heavy atom. The quantitative estimate of drug-likeness (QED) is 0.661. The molecule has 1 aromatic carbocycles. The highest BCUT2D eigenvalue weighted by atomic mass is 32.1. The van der Waals surface area contributed by atoms with E-state index in [0.29, 0.717) is 45.0 Å². The van der Waals surface area contributed by atoms with Gasteiger partial charge < -0.3 is 19.4 Å². The third-order valence-electron chi connectivity index (χ3n) is 6.00. The van der Waals surface area contributed by atoms with E-state index in [1.54, 1.807) is 17.0 Å². The number of carbonyl (C=O) groups is 2. The number of carbonyl (C=O) groups excluding carboxylic acids is 2. The number of benzene rings is 1. The van der Waals surface area contributed by atoms with Gasteiger partial charge in [-0.15, -0.1) is 11.3 Å². The average Bonchev–Trinajstić information content (AvgIpc) is 3.28. The lowest BCUT2D eigenvalue weighted by Gasteiger charge is -2.35. The molecule has 0 aliphatic carbocycles. The molecule has 2 aliphatic heterocycles. The van der Waals surface area contributed by atoms with Gasteiger partial charge >= 0.3 is 6.09 Å². The van der Waals surface area contributed by atoms with Gasteiger partial charge in [0.1, 0.15) is 17.1 Å². The molecule has 2 fully saturated rings. The highest BCUT2D eigenvalue weighted by Gasteiger charge is 2.30. The van der Waals surface area contributed by atoms with Crippen molar-refractivity contribution >= 4 is 29.0 Å². The van der Waals surface area contributed by atoms with Crippen molar-refractivity contribution < 1.29 is 18.7 Å². The average molecular weight is 475 g/mol. The molecule has 0 bridgehead atoms. The number of piperidine rings is 1. The van der Waals surface area contributed by atoms with Crippen LogP contribution in [0.2, 0.25) is 0 Å². The molecule has 7 nitrogen and oxygen atoms in total. The summed E-state index contributed by atoms with van der Waals surface area (Å²) in [6, 6.07) is 6.46. The molecule has 1 aromatic heterocycles. The number of likely N-dealkylation sites (tertiary alicyclic amines) is 1. The van der Waals surface area contributed by atoms with Crippen molar-refractivity contribution in [3.8, 4) is 0 Å². The number of ether oxygens (including phenoxy) is 1. The van der Waals surface area contributed by atoms with Crippen molar-refractivity contribution in [3.63, 3.8) is 0 Å². The number of aromatic nitrogens is 1. The summed E-state index contributed by atoms with van der Waals surface area (Å²) in [5, 5.41) is 2.82. The van der Waals surface area contributed by atoms with E-state index in [1.807, 2.05) is 31.1 Å². The maximum absolute atomic E-state index is 13.2. The van der Waals surface area contributed by atoms with E-state index in [1.165, 1.54) is 23.5 Å². The maximum atomic E-state index is 13.2. The fraction of sp³-hybridized carbons (Fsp3) is 0.542. The molecule has 0 unspecified atom stereocenters. The third kappa shape index (κ3) is 5.82. The lowest BCUT2D eigenvalue weighted by molar-refractivity contribution is 0.0204. The molecular formula is C24H31FN4O3S. The molecule has 3 heterocycles. The van der Waals surface area contributed by atoms with Crippen molar-refractivity contribution in [2.75, 3.05) is 44.2 Å². The first-order valence-electron chi connectivity index (χ1n) is 11.4. The molecule has 2 aliphatic rings. The molecule has 4 rings (SSSR count). The van der Waals surface area contributed by atoms with E-state index in [9.17, 15) is 14.0 Å².